The number of carbonyl (C=O) groups is 1. The van der Waals surface area contributed by atoms with Crippen molar-refractivity contribution in [3.63, 3.8) is 0 Å². The summed E-state index contributed by atoms with van der Waals surface area (Å²) in [6, 6.07) is 0.849. The first kappa shape index (κ1) is 8.97. The number of hydrogen-bond donors (Lipinski definition) is 2. The van der Waals surface area contributed by atoms with Gasteiger partial charge in [0.05, 0.1) is 0 Å². The number of nitrogens with zero attached hydrogens (tertiary/aromatic N) is 1. The lowest BCUT2D eigenvalue weighted by molar-refractivity contribution is -0.138. The van der Waals surface area contributed by atoms with E-state index in [1.165, 1.54) is 0 Å². The molecule has 0 radical (unpaired) electrons. The third-order valence-corrected chi connectivity index (χ3v) is 3.19. The maximum Gasteiger partial charge on any atom is 0.248 e. The predicted octanol–water partition coefficient (Wildman–Crippen LogP) is -0.541. The molecule has 74 valence electrons. The summed E-state index contributed by atoms with van der Waals surface area (Å²) in [7, 11) is 0. The summed E-state index contributed by atoms with van der Waals surface area (Å²) < 4.78 is 0. The van der Waals surface area contributed by atoms with E-state index in [0.29, 0.717) is 12.1 Å². The van der Waals surface area contributed by atoms with Crippen molar-refractivity contribution in [2.75, 3.05) is 6.61 Å². The molecule has 4 heteroatoms. The summed E-state index contributed by atoms with van der Waals surface area (Å²) in [5, 5.41) is 8.79. The summed E-state index contributed by atoms with van der Waals surface area (Å²) in [4.78, 5) is 13.2. The monoisotopic (exact) mass is 184 g/mol. The molecule has 0 spiro atoms. The highest BCUT2D eigenvalue weighted by Gasteiger charge is 2.41. The van der Waals surface area contributed by atoms with Gasteiger partial charge in [-0.05, 0) is 25.7 Å². The van der Waals surface area contributed by atoms with Crippen LogP contribution >= 0.6 is 0 Å². The molecule has 4 nitrogen and oxygen atoms in total. The molecule has 2 aliphatic rings. The number of fused-ring (bicyclic) bond motifs is 2. The minimum absolute atomic E-state index is 0.126. The van der Waals surface area contributed by atoms with Crippen molar-refractivity contribution >= 4 is 5.91 Å². The molecular weight excluding hydrogens is 168 g/mol. The van der Waals surface area contributed by atoms with Crippen LogP contribution < -0.4 is 5.73 Å². The largest absolute Gasteiger partial charge is 0.387 e. The minimum atomic E-state index is -0.359. The highest BCUT2D eigenvalue weighted by molar-refractivity contribution is 5.78. The van der Waals surface area contributed by atoms with Gasteiger partial charge in [0, 0.05) is 18.1 Å². The van der Waals surface area contributed by atoms with E-state index in [1.54, 1.807) is 0 Å². The molecule has 2 rings (SSSR count). The average molecular weight is 184 g/mol. The van der Waals surface area contributed by atoms with Gasteiger partial charge in [0.2, 0.25) is 5.91 Å². The first-order valence-corrected chi connectivity index (χ1v) is 4.90. The van der Waals surface area contributed by atoms with Gasteiger partial charge in [0.1, 0.15) is 6.61 Å². The van der Waals surface area contributed by atoms with Crippen LogP contribution in [0.2, 0.25) is 0 Å². The molecule has 2 fully saturated rings. The van der Waals surface area contributed by atoms with E-state index in [0.717, 1.165) is 25.7 Å². The molecule has 0 aromatic rings. The van der Waals surface area contributed by atoms with Crippen LogP contribution in [0.15, 0.2) is 0 Å². The Hall–Kier alpha value is -0.610. The maximum absolute atomic E-state index is 11.4. The second-order valence-corrected chi connectivity index (χ2v) is 4.08. The van der Waals surface area contributed by atoms with Gasteiger partial charge >= 0.3 is 0 Å². The molecule has 2 atom stereocenters. The van der Waals surface area contributed by atoms with Crippen LogP contribution in [0.5, 0.6) is 0 Å². The molecular formula is C9H16N2O2. The van der Waals surface area contributed by atoms with E-state index >= 15 is 0 Å². The average Bonchev–Trinajstić information content (AvgIpc) is 2.37. The molecule has 0 aliphatic carbocycles. The van der Waals surface area contributed by atoms with Crippen molar-refractivity contribution in [1.29, 1.82) is 0 Å². The molecule has 1 amide bonds. The van der Waals surface area contributed by atoms with Crippen molar-refractivity contribution in [3.05, 3.63) is 0 Å². The van der Waals surface area contributed by atoms with Gasteiger partial charge in [-0.2, -0.15) is 0 Å². The Morgan fingerprint density at radius 1 is 1.38 bits per heavy atom. The highest BCUT2D eigenvalue weighted by atomic mass is 16.3. The molecule has 2 saturated heterocycles. The van der Waals surface area contributed by atoms with Crippen molar-refractivity contribution in [2.24, 2.45) is 5.73 Å². The first-order chi connectivity index (χ1) is 6.22. The van der Waals surface area contributed by atoms with Gasteiger partial charge in [0.15, 0.2) is 0 Å². The van der Waals surface area contributed by atoms with Crippen LogP contribution in [-0.4, -0.2) is 40.6 Å². The van der Waals surface area contributed by atoms with Crippen molar-refractivity contribution in [3.8, 4) is 0 Å². The van der Waals surface area contributed by atoms with Gasteiger partial charge in [-0.25, -0.2) is 0 Å². The van der Waals surface area contributed by atoms with E-state index in [9.17, 15) is 4.79 Å². The third kappa shape index (κ3) is 1.44. The summed E-state index contributed by atoms with van der Waals surface area (Å²) in [6.45, 7) is -0.359. The first-order valence-electron chi connectivity index (χ1n) is 4.90. The fourth-order valence-corrected chi connectivity index (χ4v) is 2.71. The van der Waals surface area contributed by atoms with Crippen LogP contribution in [0.25, 0.3) is 0 Å². The van der Waals surface area contributed by atoms with E-state index in [-0.39, 0.29) is 18.6 Å². The van der Waals surface area contributed by atoms with Crippen LogP contribution in [-0.2, 0) is 4.79 Å². The Kier molecular flexibility index (Phi) is 2.26. The van der Waals surface area contributed by atoms with Gasteiger partial charge in [-0.15, -0.1) is 0 Å². The SMILES string of the molecule is NC1CC2CCC(C1)N2C(=O)CO. The molecule has 3 N–H and O–H groups in total. The van der Waals surface area contributed by atoms with Gasteiger partial charge in [-0.1, -0.05) is 0 Å². The molecule has 2 aliphatic heterocycles. The maximum atomic E-state index is 11.4. The number of carbonyl (C=O) groups excluding carboxylic acids is 1. The molecule has 2 bridgehead atoms. The predicted molar refractivity (Wildman–Crippen MR) is 48.0 cm³/mol. The summed E-state index contributed by atoms with van der Waals surface area (Å²) in [6.07, 6.45) is 3.93. The Labute approximate surface area is 77.7 Å². The van der Waals surface area contributed by atoms with Crippen LogP contribution in [0.1, 0.15) is 25.7 Å². The van der Waals surface area contributed by atoms with E-state index < -0.39 is 0 Å². The Bertz CT molecular complexity index is 206. The number of aliphatic hydroxyl groups is 1. The molecule has 0 aromatic carbocycles. The standard InChI is InChI=1S/C9H16N2O2/c10-6-3-7-1-2-8(4-6)11(7)9(13)5-12/h6-8,12H,1-5,10H2. The van der Waals surface area contributed by atoms with E-state index in [4.69, 9.17) is 10.8 Å². The van der Waals surface area contributed by atoms with E-state index in [1.807, 2.05) is 4.90 Å². The number of rotatable bonds is 1. The highest BCUT2D eigenvalue weighted by Crippen LogP contribution is 2.34. The smallest absolute Gasteiger partial charge is 0.248 e. The lowest BCUT2D eigenvalue weighted by atomic mass is 9.98. The van der Waals surface area contributed by atoms with Crippen molar-refractivity contribution < 1.29 is 9.90 Å². The lowest BCUT2D eigenvalue weighted by Gasteiger charge is -2.37. The Balaban J connectivity index is 2.10. The number of hydrogen-bond acceptors (Lipinski definition) is 3. The minimum Gasteiger partial charge on any atom is -0.387 e. The van der Waals surface area contributed by atoms with E-state index in [2.05, 4.69) is 0 Å². The zero-order chi connectivity index (χ0) is 9.42. The zero-order valence-electron chi connectivity index (χ0n) is 7.65. The van der Waals surface area contributed by atoms with Crippen LogP contribution in [0.3, 0.4) is 0 Å². The summed E-state index contributed by atoms with van der Waals surface area (Å²) in [5.74, 6) is -0.126. The number of nitrogens with two attached hydrogens (primary N) is 1. The Morgan fingerprint density at radius 2 is 1.92 bits per heavy atom. The number of amides is 1. The van der Waals surface area contributed by atoms with Gasteiger partial charge < -0.3 is 15.7 Å². The number of aliphatic hydroxyl groups excluding tert-OH is 1. The molecule has 13 heavy (non-hydrogen) atoms. The van der Waals surface area contributed by atoms with Crippen LogP contribution in [0.4, 0.5) is 0 Å². The number of piperidine rings is 1. The fourth-order valence-electron chi connectivity index (χ4n) is 2.71. The Morgan fingerprint density at radius 3 is 2.38 bits per heavy atom. The normalized spacial score (nSPS) is 38.0. The summed E-state index contributed by atoms with van der Waals surface area (Å²) in [5.41, 5.74) is 5.86. The van der Waals surface area contributed by atoms with Crippen molar-refractivity contribution in [1.82, 2.24) is 4.90 Å². The lowest BCUT2D eigenvalue weighted by Crippen LogP contribution is -2.51. The fraction of sp³-hybridized carbons (Fsp3) is 0.889. The topological polar surface area (TPSA) is 66.6 Å². The third-order valence-electron chi connectivity index (χ3n) is 3.19. The van der Waals surface area contributed by atoms with Gasteiger partial charge in [0.25, 0.3) is 0 Å². The quantitative estimate of drug-likeness (QED) is 0.575. The molecule has 0 saturated carbocycles. The molecule has 2 unspecified atom stereocenters. The molecule has 2 heterocycles. The van der Waals surface area contributed by atoms with Crippen molar-refractivity contribution in [2.45, 2.75) is 43.8 Å². The second kappa shape index (κ2) is 3.27. The summed E-state index contributed by atoms with van der Waals surface area (Å²) >= 11 is 0. The zero-order valence-corrected chi connectivity index (χ0v) is 7.65. The molecule has 0 aromatic heterocycles. The second-order valence-electron chi connectivity index (χ2n) is 4.08. The van der Waals surface area contributed by atoms with Gasteiger partial charge in [-0.3, -0.25) is 4.79 Å². The van der Waals surface area contributed by atoms with Crippen LogP contribution in [0, 0.1) is 0 Å².